The van der Waals surface area contributed by atoms with Gasteiger partial charge in [0.05, 0.1) is 0 Å². The van der Waals surface area contributed by atoms with E-state index in [1.54, 1.807) is 0 Å². The van der Waals surface area contributed by atoms with Gasteiger partial charge in [-0.1, -0.05) is 174 Å². The molecule has 1 aliphatic rings. The van der Waals surface area contributed by atoms with E-state index in [0.29, 0.717) is 0 Å². The number of aryl methyl sites for hydroxylation is 2. The Morgan fingerprint density at radius 3 is 1.35 bits per heavy atom. The van der Waals surface area contributed by atoms with Crippen LogP contribution < -0.4 is 0 Å². The average Bonchev–Trinajstić information content (AvgIpc) is 3.49. The molecule has 0 N–H and O–H groups in total. The molecule has 0 aromatic heterocycles. The fraction of sp³-hybridized carbons (Fsp3) is 0.633. The maximum absolute atomic E-state index is 11.3. The van der Waals surface area contributed by atoms with Crippen LogP contribution in [-0.2, 0) is 29.3 Å². The third-order valence-electron chi connectivity index (χ3n) is 9.87. The summed E-state index contributed by atoms with van der Waals surface area (Å²) in [5.41, 5.74) is 19.3. The third-order valence-corrected chi connectivity index (χ3v) is 9.87. The Balaban J connectivity index is 0.00000102. The summed E-state index contributed by atoms with van der Waals surface area (Å²) in [6, 6.07) is 17.4. The minimum Gasteiger partial charge on any atom is -0.493 e. The van der Waals surface area contributed by atoms with Gasteiger partial charge in [-0.25, -0.2) is 4.70 Å². The molecule has 0 bridgehead atoms. The van der Waals surface area contributed by atoms with Crippen LogP contribution in [-0.4, -0.2) is 4.70 Å². The molecular weight excluding hydrogens is 675 g/mol. The molecule has 2 nitrogen and oxygen atoms in total. The number of benzene rings is 2. The normalized spacial score (nSPS) is 12.1. The molecule has 2 aromatic carbocycles. The zero-order valence-corrected chi connectivity index (χ0v) is 35.7. The van der Waals surface area contributed by atoms with E-state index in [9.17, 15) is 5.53 Å². The SMILES string of the molecule is CCCCCC1=C(c2cccc(CCCC)c2)[N+](=[N-])C(c2cccc(CCCC)c2)=C1.[CH2-]CCCCCCCCC.[CH2-]CCCCCCCCC.[Ni+2]. The zero-order valence-electron chi connectivity index (χ0n) is 34.7. The van der Waals surface area contributed by atoms with Gasteiger partial charge >= 0.3 is 16.5 Å². The number of allylic oxidation sites excluding steroid dienone is 2. The van der Waals surface area contributed by atoms with Gasteiger partial charge in [0.15, 0.2) is 0 Å². The van der Waals surface area contributed by atoms with Gasteiger partial charge in [-0.15, -0.1) is 0 Å². The number of rotatable bonds is 26. The average molecular weight is 756 g/mol. The first-order chi connectivity index (χ1) is 25.0. The second-order valence-electron chi connectivity index (χ2n) is 14.7. The first-order valence-electron chi connectivity index (χ1n) is 21.7. The van der Waals surface area contributed by atoms with Gasteiger partial charge in [-0.2, -0.15) is 12.8 Å². The molecule has 0 fully saturated rings. The van der Waals surface area contributed by atoms with Crippen molar-refractivity contribution in [2.45, 2.75) is 202 Å². The van der Waals surface area contributed by atoms with E-state index >= 15 is 0 Å². The molecule has 0 amide bonds. The minimum atomic E-state index is 0. The largest absolute Gasteiger partial charge is 2.00 e. The fourth-order valence-electron chi connectivity index (χ4n) is 6.61. The smallest absolute Gasteiger partial charge is 0.493 e. The molecule has 0 unspecified atom stereocenters. The molecule has 3 rings (SSSR count). The van der Waals surface area contributed by atoms with Crippen LogP contribution in [0.4, 0.5) is 0 Å². The maximum atomic E-state index is 11.3. The van der Waals surface area contributed by atoms with E-state index in [4.69, 9.17) is 0 Å². The zero-order chi connectivity index (χ0) is 37.4. The predicted molar refractivity (Wildman–Crippen MR) is 229 cm³/mol. The van der Waals surface area contributed by atoms with Crippen LogP contribution in [0.3, 0.4) is 0 Å². The predicted octanol–water partition coefficient (Wildman–Crippen LogP) is 16.7. The molecule has 0 atom stereocenters. The molecule has 1 heterocycles. The van der Waals surface area contributed by atoms with Gasteiger partial charge in [0.2, 0.25) is 11.4 Å². The molecule has 296 valence electrons. The van der Waals surface area contributed by atoms with E-state index in [1.165, 1.54) is 150 Å². The Bertz CT molecular complexity index is 1180. The molecule has 0 saturated carbocycles. The van der Waals surface area contributed by atoms with Crippen molar-refractivity contribution in [3.63, 3.8) is 0 Å². The summed E-state index contributed by atoms with van der Waals surface area (Å²) < 4.78 is 1.44. The van der Waals surface area contributed by atoms with Gasteiger partial charge < -0.3 is 19.4 Å². The van der Waals surface area contributed by atoms with Crippen molar-refractivity contribution in [3.8, 4) is 0 Å². The quantitative estimate of drug-likeness (QED) is 0.0395. The maximum Gasteiger partial charge on any atom is 2.00 e. The van der Waals surface area contributed by atoms with Crippen molar-refractivity contribution in [1.29, 1.82) is 0 Å². The summed E-state index contributed by atoms with van der Waals surface area (Å²) in [6.07, 6.45) is 35.6. The van der Waals surface area contributed by atoms with E-state index in [1.807, 2.05) is 0 Å². The number of nitrogens with zero attached hydrogens (tertiary/aromatic N) is 2. The van der Waals surface area contributed by atoms with Crippen LogP contribution in [0.5, 0.6) is 0 Å². The van der Waals surface area contributed by atoms with Gasteiger partial charge in [-0.3, -0.25) is 0 Å². The summed E-state index contributed by atoms with van der Waals surface area (Å²) >= 11 is 0. The van der Waals surface area contributed by atoms with E-state index < -0.39 is 0 Å². The van der Waals surface area contributed by atoms with Crippen LogP contribution in [0.1, 0.15) is 211 Å². The van der Waals surface area contributed by atoms with Gasteiger partial charge in [0, 0.05) is 22.8 Å². The van der Waals surface area contributed by atoms with Crippen molar-refractivity contribution in [2.75, 3.05) is 0 Å². The third kappa shape index (κ3) is 22.3. The standard InChI is InChI=1S/C29H38N2.2C10H21.Ni/c1-4-7-10-17-27-22-28(25-18-11-15-23(20-25)13-8-5-2)31(30)29(27)26-19-12-16-24(21-26)14-9-6-3;2*1-3-5-7-9-10-8-6-4-2;/h11-12,15-16,18-22H,4-10,13-14,17H2,1-3H3;2*1,3-10H2,2H3;/q;2*-1;+2. The number of hydrogen-bond acceptors (Lipinski definition) is 0. The molecule has 52 heavy (non-hydrogen) atoms. The summed E-state index contributed by atoms with van der Waals surface area (Å²) in [6.45, 7) is 18.9. The molecule has 0 saturated heterocycles. The van der Waals surface area contributed by atoms with Crippen LogP contribution in [0, 0.1) is 13.8 Å². The van der Waals surface area contributed by atoms with E-state index in [2.05, 4.69) is 103 Å². The monoisotopic (exact) mass is 755 g/mol. The van der Waals surface area contributed by atoms with Crippen molar-refractivity contribution >= 4 is 11.4 Å². The van der Waals surface area contributed by atoms with Gasteiger partial charge in [0.1, 0.15) is 0 Å². The molecule has 0 radical (unpaired) electrons. The topological polar surface area (TPSA) is 25.3 Å². The summed E-state index contributed by atoms with van der Waals surface area (Å²) in [5.74, 6) is 0. The minimum absolute atomic E-state index is 0. The first-order valence-corrected chi connectivity index (χ1v) is 21.7. The Morgan fingerprint density at radius 1 is 0.481 bits per heavy atom. The number of unbranched alkanes of at least 4 members (excludes halogenated alkanes) is 18. The first kappa shape index (κ1) is 50.0. The summed E-state index contributed by atoms with van der Waals surface area (Å²) in [5, 5.41) is 0. The van der Waals surface area contributed by atoms with Crippen LogP contribution in [0.15, 0.2) is 60.2 Å². The molecule has 2 aromatic rings. The fourth-order valence-corrected chi connectivity index (χ4v) is 6.61. The van der Waals surface area contributed by atoms with Crippen molar-refractivity contribution in [2.24, 2.45) is 0 Å². The molecule has 1 aliphatic heterocycles. The second kappa shape index (κ2) is 34.8. The van der Waals surface area contributed by atoms with Crippen molar-refractivity contribution < 1.29 is 21.2 Å². The van der Waals surface area contributed by atoms with Crippen molar-refractivity contribution in [3.05, 3.63) is 102 Å². The Labute approximate surface area is 334 Å². The molecule has 0 aliphatic carbocycles. The van der Waals surface area contributed by atoms with Gasteiger partial charge in [-0.05, 0) is 73.9 Å². The van der Waals surface area contributed by atoms with Crippen LogP contribution in [0.2, 0.25) is 0 Å². The molecular formula is C49H80N2Ni. The van der Waals surface area contributed by atoms with Crippen molar-refractivity contribution in [1.82, 2.24) is 0 Å². The Morgan fingerprint density at radius 2 is 0.885 bits per heavy atom. The Kier molecular flexibility index (Phi) is 33.4. The summed E-state index contributed by atoms with van der Waals surface area (Å²) in [4.78, 5) is 0. The van der Waals surface area contributed by atoms with E-state index in [-0.39, 0.29) is 16.5 Å². The van der Waals surface area contributed by atoms with E-state index in [0.717, 1.165) is 61.0 Å². The Hall–Kier alpha value is -1.99. The summed E-state index contributed by atoms with van der Waals surface area (Å²) in [7, 11) is 0. The van der Waals surface area contributed by atoms with Gasteiger partial charge in [0.25, 0.3) is 0 Å². The van der Waals surface area contributed by atoms with Crippen LogP contribution in [0.25, 0.3) is 16.9 Å². The molecule has 3 heteroatoms. The number of hydrogen-bond donors (Lipinski definition) is 0. The molecule has 0 spiro atoms. The van der Waals surface area contributed by atoms with Crippen LogP contribution >= 0.6 is 0 Å². The second-order valence-corrected chi connectivity index (χ2v) is 14.7.